The summed E-state index contributed by atoms with van der Waals surface area (Å²) in [4.78, 5) is 17.9. The van der Waals surface area contributed by atoms with Gasteiger partial charge in [-0.3, -0.25) is 0 Å². The normalized spacial score (nSPS) is 16.8. The number of benzene rings is 1. The number of rotatable bonds is 6. The molecule has 7 heteroatoms. The molecule has 1 N–H and O–H groups in total. The molecule has 0 bridgehead atoms. The van der Waals surface area contributed by atoms with Crippen molar-refractivity contribution in [2.75, 3.05) is 49.4 Å². The minimum absolute atomic E-state index is 0.255. The van der Waals surface area contributed by atoms with E-state index in [1.54, 1.807) is 7.11 Å². The van der Waals surface area contributed by atoms with Crippen LogP contribution < -0.4 is 19.9 Å². The van der Waals surface area contributed by atoms with E-state index in [9.17, 15) is 0 Å². The van der Waals surface area contributed by atoms with Crippen LogP contribution in [0.25, 0.3) is 0 Å². The summed E-state index contributed by atoms with van der Waals surface area (Å²) in [6.45, 7) is 6.05. The maximum Gasteiger partial charge on any atom is 0.229 e. The molecule has 1 atom stereocenters. The Morgan fingerprint density at radius 2 is 1.96 bits per heavy atom. The molecule has 26 heavy (non-hydrogen) atoms. The highest BCUT2D eigenvalue weighted by Gasteiger charge is 2.25. The number of hydrogen-bond donors (Lipinski definition) is 1. The van der Waals surface area contributed by atoms with Crippen LogP contribution in [0, 0.1) is 0 Å². The van der Waals surface area contributed by atoms with E-state index in [2.05, 4.69) is 45.1 Å². The fourth-order valence-electron chi connectivity index (χ4n) is 3.07. The predicted molar refractivity (Wildman–Crippen MR) is 105 cm³/mol. The zero-order chi connectivity index (χ0) is 18.7. The molecular weight excluding hydrogens is 328 g/mol. The molecular formula is C19H28N6O. The maximum atomic E-state index is 5.49. The summed E-state index contributed by atoms with van der Waals surface area (Å²) in [6, 6.07) is 8.43. The quantitative estimate of drug-likeness (QED) is 0.853. The second kappa shape index (κ2) is 7.76. The number of nitrogens with zero attached hydrogens (tertiary/aromatic N) is 5. The summed E-state index contributed by atoms with van der Waals surface area (Å²) in [5, 5.41) is 3.50. The average molecular weight is 356 g/mol. The maximum absolute atomic E-state index is 5.49. The first-order valence-corrected chi connectivity index (χ1v) is 9.05. The molecule has 1 aromatic carbocycles. The van der Waals surface area contributed by atoms with Crippen molar-refractivity contribution in [2.24, 2.45) is 0 Å². The lowest BCUT2D eigenvalue weighted by Gasteiger charge is -2.21. The summed E-state index contributed by atoms with van der Waals surface area (Å²) < 4.78 is 5.49. The van der Waals surface area contributed by atoms with Crippen LogP contribution in [0.4, 0.5) is 17.6 Å². The summed E-state index contributed by atoms with van der Waals surface area (Å²) >= 11 is 0. The molecule has 0 amide bonds. The predicted octanol–water partition coefficient (Wildman–Crippen LogP) is 2.76. The SMILES string of the molecule is COc1ccccc1N1CCC(Nc2nc(C(C)C)nc(N(C)C)n2)C1. The van der Waals surface area contributed by atoms with E-state index in [0.29, 0.717) is 11.9 Å². The first kappa shape index (κ1) is 18.2. The highest BCUT2D eigenvalue weighted by Crippen LogP contribution is 2.31. The van der Waals surface area contributed by atoms with Gasteiger partial charge in [0, 0.05) is 39.1 Å². The van der Waals surface area contributed by atoms with Crippen molar-refractivity contribution in [3.05, 3.63) is 30.1 Å². The summed E-state index contributed by atoms with van der Waals surface area (Å²) in [6.07, 6.45) is 1.03. The standard InChI is InChI=1S/C19H28N6O/c1-13(2)17-21-18(23-19(22-17)24(3)4)20-14-10-11-25(12-14)15-8-6-7-9-16(15)26-5/h6-9,13-14H,10-12H2,1-5H3,(H,20,21,22,23). The van der Waals surface area contributed by atoms with Crippen molar-refractivity contribution in [3.8, 4) is 5.75 Å². The van der Waals surface area contributed by atoms with E-state index in [-0.39, 0.29) is 12.0 Å². The monoisotopic (exact) mass is 356 g/mol. The van der Waals surface area contributed by atoms with E-state index in [4.69, 9.17) is 4.74 Å². The van der Waals surface area contributed by atoms with Gasteiger partial charge in [0.1, 0.15) is 11.6 Å². The van der Waals surface area contributed by atoms with Gasteiger partial charge in [-0.1, -0.05) is 26.0 Å². The minimum atomic E-state index is 0.255. The Balaban J connectivity index is 1.74. The van der Waals surface area contributed by atoms with Crippen molar-refractivity contribution in [2.45, 2.75) is 32.2 Å². The van der Waals surface area contributed by atoms with Gasteiger partial charge in [0.15, 0.2) is 0 Å². The van der Waals surface area contributed by atoms with Crippen molar-refractivity contribution in [1.29, 1.82) is 0 Å². The van der Waals surface area contributed by atoms with Gasteiger partial charge in [-0.15, -0.1) is 0 Å². The Morgan fingerprint density at radius 1 is 1.19 bits per heavy atom. The van der Waals surface area contributed by atoms with Crippen LogP contribution in [0.2, 0.25) is 0 Å². The Morgan fingerprint density at radius 3 is 2.65 bits per heavy atom. The van der Waals surface area contributed by atoms with Crippen LogP contribution in [0.15, 0.2) is 24.3 Å². The molecule has 7 nitrogen and oxygen atoms in total. The first-order chi connectivity index (χ1) is 12.5. The number of aromatic nitrogens is 3. The van der Waals surface area contributed by atoms with E-state index in [1.165, 1.54) is 0 Å². The number of ether oxygens (including phenoxy) is 1. The van der Waals surface area contributed by atoms with Crippen LogP contribution in [0.3, 0.4) is 0 Å². The number of nitrogens with one attached hydrogen (secondary N) is 1. The topological polar surface area (TPSA) is 66.4 Å². The number of hydrogen-bond acceptors (Lipinski definition) is 7. The van der Waals surface area contributed by atoms with Gasteiger partial charge in [-0.2, -0.15) is 15.0 Å². The smallest absolute Gasteiger partial charge is 0.229 e. The summed E-state index contributed by atoms with van der Waals surface area (Å²) in [5.41, 5.74) is 1.13. The first-order valence-electron chi connectivity index (χ1n) is 9.05. The molecule has 1 unspecified atom stereocenters. The molecule has 140 valence electrons. The second-order valence-corrected chi connectivity index (χ2v) is 7.11. The van der Waals surface area contributed by atoms with Crippen LogP contribution in [-0.4, -0.2) is 55.3 Å². The molecule has 1 aromatic heterocycles. The third kappa shape index (κ3) is 3.98. The Labute approximate surface area is 155 Å². The number of para-hydroxylation sites is 2. The van der Waals surface area contributed by atoms with Gasteiger partial charge < -0.3 is 19.9 Å². The number of methoxy groups -OCH3 is 1. The van der Waals surface area contributed by atoms with E-state index >= 15 is 0 Å². The van der Waals surface area contributed by atoms with Crippen molar-refractivity contribution in [1.82, 2.24) is 15.0 Å². The second-order valence-electron chi connectivity index (χ2n) is 7.11. The van der Waals surface area contributed by atoms with Crippen LogP contribution in [0.5, 0.6) is 5.75 Å². The van der Waals surface area contributed by atoms with E-state index in [1.807, 2.05) is 37.2 Å². The van der Waals surface area contributed by atoms with Gasteiger partial charge in [-0.25, -0.2) is 0 Å². The Hall–Kier alpha value is -2.57. The Kier molecular flexibility index (Phi) is 5.44. The molecule has 1 fully saturated rings. The molecule has 2 heterocycles. The highest BCUT2D eigenvalue weighted by atomic mass is 16.5. The lowest BCUT2D eigenvalue weighted by atomic mass is 10.2. The van der Waals surface area contributed by atoms with Crippen molar-refractivity contribution < 1.29 is 4.74 Å². The third-order valence-electron chi connectivity index (χ3n) is 4.50. The highest BCUT2D eigenvalue weighted by molar-refractivity contribution is 5.59. The lowest BCUT2D eigenvalue weighted by Crippen LogP contribution is -2.27. The largest absolute Gasteiger partial charge is 0.495 e. The van der Waals surface area contributed by atoms with Crippen LogP contribution in [-0.2, 0) is 0 Å². The van der Waals surface area contributed by atoms with Crippen molar-refractivity contribution in [3.63, 3.8) is 0 Å². The fourth-order valence-corrected chi connectivity index (χ4v) is 3.07. The van der Waals surface area contributed by atoms with Gasteiger partial charge >= 0.3 is 0 Å². The summed E-state index contributed by atoms with van der Waals surface area (Å²) in [7, 11) is 5.61. The summed E-state index contributed by atoms with van der Waals surface area (Å²) in [5.74, 6) is 3.31. The molecule has 1 aliphatic rings. The molecule has 0 spiro atoms. The molecule has 3 rings (SSSR count). The van der Waals surface area contributed by atoms with Crippen molar-refractivity contribution >= 4 is 17.6 Å². The van der Waals surface area contributed by atoms with E-state index < -0.39 is 0 Å². The van der Waals surface area contributed by atoms with Gasteiger partial charge in [-0.05, 0) is 18.6 Å². The molecule has 1 aliphatic heterocycles. The van der Waals surface area contributed by atoms with Gasteiger partial charge in [0.25, 0.3) is 0 Å². The third-order valence-corrected chi connectivity index (χ3v) is 4.50. The minimum Gasteiger partial charge on any atom is -0.495 e. The zero-order valence-corrected chi connectivity index (χ0v) is 16.2. The molecule has 0 radical (unpaired) electrons. The molecule has 1 saturated heterocycles. The number of anilines is 3. The molecule has 2 aromatic rings. The molecule has 0 aliphatic carbocycles. The fraction of sp³-hybridized carbons (Fsp3) is 0.526. The lowest BCUT2D eigenvalue weighted by molar-refractivity contribution is 0.415. The van der Waals surface area contributed by atoms with Gasteiger partial charge in [0.05, 0.1) is 12.8 Å². The van der Waals surface area contributed by atoms with Gasteiger partial charge in [0.2, 0.25) is 11.9 Å². The Bertz CT molecular complexity index is 722. The zero-order valence-electron chi connectivity index (χ0n) is 16.2. The van der Waals surface area contributed by atoms with E-state index in [0.717, 1.165) is 36.8 Å². The van der Waals surface area contributed by atoms with Crippen LogP contribution >= 0.6 is 0 Å². The molecule has 0 saturated carbocycles. The average Bonchev–Trinajstić information content (AvgIpc) is 3.09. The van der Waals surface area contributed by atoms with Crippen LogP contribution in [0.1, 0.15) is 32.0 Å².